The van der Waals surface area contributed by atoms with Crippen LogP contribution in [0.5, 0.6) is 0 Å². The van der Waals surface area contributed by atoms with Gasteiger partial charge in [-0.25, -0.2) is 4.98 Å². The summed E-state index contributed by atoms with van der Waals surface area (Å²) in [6.07, 6.45) is 2.63. The van der Waals surface area contributed by atoms with Gasteiger partial charge in [0, 0.05) is 11.6 Å². The Balaban J connectivity index is 2.35. The maximum absolute atomic E-state index is 4.62. The molecular formula is C12H16BrN. The zero-order valence-corrected chi connectivity index (χ0v) is 10.6. The van der Waals surface area contributed by atoms with Crippen LogP contribution in [0.4, 0.5) is 0 Å². The van der Waals surface area contributed by atoms with Gasteiger partial charge < -0.3 is 0 Å². The zero-order valence-electron chi connectivity index (χ0n) is 8.97. The third-order valence-electron chi connectivity index (χ3n) is 2.67. The summed E-state index contributed by atoms with van der Waals surface area (Å²) in [5, 5.41) is 0. The first-order valence-electron chi connectivity index (χ1n) is 5.15. The average molecular weight is 254 g/mol. The molecule has 0 bridgehead atoms. The molecule has 1 saturated carbocycles. The highest BCUT2D eigenvalue weighted by molar-refractivity contribution is 9.10. The molecule has 1 aromatic rings. The minimum atomic E-state index is 0.175. The van der Waals surface area contributed by atoms with E-state index in [1.54, 1.807) is 0 Å². The van der Waals surface area contributed by atoms with Gasteiger partial charge in [0.05, 0.1) is 0 Å². The van der Waals surface area contributed by atoms with Gasteiger partial charge in [0.2, 0.25) is 0 Å². The quantitative estimate of drug-likeness (QED) is 0.690. The first-order chi connectivity index (χ1) is 6.48. The van der Waals surface area contributed by atoms with Gasteiger partial charge in [-0.1, -0.05) is 26.8 Å². The Bertz CT molecular complexity index is 348. The lowest BCUT2D eigenvalue weighted by atomic mass is 9.88. The summed E-state index contributed by atoms with van der Waals surface area (Å²) in [6.45, 7) is 6.64. The van der Waals surface area contributed by atoms with Crippen LogP contribution in [-0.4, -0.2) is 4.98 Å². The summed E-state index contributed by atoms with van der Waals surface area (Å²) in [6, 6.07) is 4.40. The number of pyridine rings is 1. The second kappa shape index (κ2) is 3.34. The number of hydrogen-bond acceptors (Lipinski definition) is 1. The van der Waals surface area contributed by atoms with E-state index in [1.807, 2.05) is 0 Å². The Hall–Kier alpha value is -0.370. The fraction of sp³-hybridized carbons (Fsp3) is 0.583. The van der Waals surface area contributed by atoms with Crippen molar-refractivity contribution in [2.75, 3.05) is 0 Å². The highest BCUT2D eigenvalue weighted by Gasteiger charge is 2.26. The van der Waals surface area contributed by atoms with Crippen molar-refractivity contribution >= 4 is 15.9 Å². The molecule has 0 atom stereocenters. The van der Waals surface area contributed by atoms with E-state index in [0.717, 1.165) is 10.5 Å². The Morgan fingerprint density at radius 3 is 2.36 bits per heavy atom. The number of aromatic nitrogens is 1. The molecule has 0 aromatic carbocycles. The molecule has 0 amide bonds. The molecule has 0 unspecified atom stereocenters. The third-order valence-corrected chi connectivity index (χ3v) is 3.28. The van der Waals surface area contributed by atoms with Gasteiger partial charge in [-0.3, -0.25) is 0 Å². The summed E-state index contributed by atoms with van der Waals surface area (Å²) >= 11 is 3.57. The zero-order chi connectivity index (χ0) is 10.3. The molecular weight excluding hydrogens is 238 g/mol. The van der Waals surface area contributed by atoms with Crippen LogP contribution in [0.15, 0.2) is 16.7 Å². The van der Waals surface area contributed by atoms with Crippen molar-refractivity contribution in [3.8, 4) is 0 Å². The lowest BCUT2D eigenvalue weighted by Crippen LogP contribution is -2.13. The maximum atomic E-state index is 4.62. The maximum Gasteiger partial charge on any atom is 0.110 e. The van der Waals surface area contributed by atoms with E-state index in [9.17, 15) is 0 Å². The molecule has 2 rings (SSSR count). The second-order valence-electron chi connectivity index (χ2n) is 5.10. The Labute approximate surface area is 94.1 Å². The summed E-state index contributed by atoms with van der Waals surface area (Å²) in [5.74, 6) is 0.736. The fourth-order valence-electron chi connectivity index (χ4n) is 1.61. The molecule has 14 heavy (non-hydrogen) atoms. The third kappa shape index (κ3) is 2.00. The minimum Gasteiger partial charge on any atom is -0.245 e. The van der Waals surface area contributed by atoms with Gasteiger partial charge >= 0.3 is 0 Å². The van der Waals surface area contributed by atoms with Gasteiger partial charge in [0.25, 0.3) is 0 Å². The highest BCUT2D eigenvalue weighted by Crippen LogP contribution is 2.40. The Morgan fingerprint density at radius 1 is 1.29 bits per heavy atom. The van der Waals surface area contributed by atoms with Crippen molar-refractivity contribution in [3.63, 3.8) is 0 Å². The standard InChI is InChI=1S/C12H16BrN/c1-12(2,3)9-6-7-10(8-4-5-8)14-11(9)13/h6-8H,4-5H2,1-3H3. The molecule has 1 heterocycles. The van der Waals surface area contributed by atoms with Crippen molar-refractivity contribution in [3.05, 3.63) is 28.0 Å². The van der Waals surface area contributed by atoms with Crippen LogP contribution in [0.2, 0.25) is 0 Å². The van der Waals surface area contributed by atoms with Crippen LogP contribution in [0.1, 0.15) is 50.8 Å². The topological polar surface area (TPSA) is 12.9 Å². The molecule has 0 N–H and O–H groups in total. The average Bonchev–Trinajstić information content (AvgIpc) is 2.83. The summed E-state index contributed by atoms with van der Waals surface area (Å²) in [5.41, 5.74) is 2.72. The van der Waals surface area contributed by atoms with Crippen LogP contribution in [0.25, 0.3) is 0 Å². The van der Waals surface area contributed by atoms with Crippen LogP contribution < -0.4 is 0 Å². The molecule has 1 aliphatic carbocycles. The normalized spacial score (nSPS) is 17.1. The Morgan fingerprint density at radius 2 is 1.93 bits per heavy atom. The van der Waals surface area contributed by atoms with Gasteiger partial charge in [-0.15, -0.1) is 0 Å². The molecule has 1 aliphatic rings. The number of nitrogens with zero attached hydrogens (tertiary/aromatic N) is 1. The van der Waals surface area contributed by atoms with E-state index >= 15 is 0 Å². The number of rotatable bonds is 1. The first-order valence-corrected chi connectivity index (χ1v) is 5.95. The summed E-state index contributed by atoms with van der Waals surface area (Å²) in [4.78, 5) is 4.62. The summed E-state index contributed by atoms with van der Waals surface area (Å²) in [7, 11) is 0. The van der Waals surface area contributed by atoms with E-state index in [0.29, 0.717) is 0 Å². The van der Waals surface area contributed by atoms with Crippen LogP contribution in [0, 0.1) is 0 Å². The van der Waals surface area contributed by atoms with Crippen molar-refractivity contribution in [1.29, 1.82) is 0 Å². The Kier molecular flexibility index (Phi) is 2.42. The SMILES string of the molecule is CC(C)(C)c1ccc(C2CC2)nc1Br. The fourth-order valence-corrected chi connectivity index (χ4v) is 2.55. The van der Waals surface area contributed by atoms with E-state index in [2.05, 4.69) is 53.8 Å². The molecule has 1 fully saturated rings. The second-order valence-corrected chi connectivity index (χ2v) is 5.85. The van der Waals surface area contributed by atoms with Crippen molar-refractivity contribution in [2.24, 2.45) is 0 Å². The number of halogens is 1. The molecule has 2 heteroatoms. The van der Waals surface area contributed by atoms with E-state index in [4.69, 9.17) is 0 Å². The molecule has 0 spiro atoms. The minimum absolute atomic E-state index is 0.175. The molecule has 0 radical (unpaired) electrons. The molecule has 0 aliphatic heterocycles. The predicted octanol–water partition coefficient (Wildman–Crippen LogP) is 4.02. The van der Waals surface area contributed by atoms with E-state index < -0.39 is 0 Å². The molecule has 76 valence electrons. The molecule has 1 aromatic heterocycles. The van der Waals surface area contributed by atoms with Crippen LogP contribution >= 0.6 is 15.9 Å². The smallest absolute Gasteiger partial charge is 0.110 e. The van der Waals surface area contributed by atoms with Gasteiger partial charge in [-0.2, -0.15) is 0 Å². The molecule has 0 saturated heterocycles. The van der Waals surface area contributed by atoms with E-state index in [1.165, 1.54) is 24.1 Å². The lowest BCUT2D eigenvalue weighted by molar-refractivity contribution is 0.582. The van der Waals surface area contributed by atoms with Crippen LogP contribution in [0.3, 0.4) is 0 Å². The highest BCUT2D eigenvalue weighted by atomic mass is 79.9. The lowest BCUT2D eigenvalue weighted by Gasteiger charge is -2.20. The largest absolute Gasteiger partial charge is 0.245 e. The number of hydrogen-bond donors (Lipinski definition) is 0. The monoisotopic (exact) mass is 253 g/mol. The van der Waals surface area contributed by atoms with Gasteiger partial charge in [-0.05, 0) is 45.8 Å². The van der Waals surface area contributed by atoms with Crippen LogP contribution in [-0.2, 0) is 5.41 Å². The first kappa shape index (κ1) is 10.2. The van der Waals surface area contributed by atoms with Crippen molar-refractivity contribution in [1.82, 2.24) is 4.98 Å². The van der Waals surface area contributed by atoms with Gasteiger partial charge in [0.1, 0.15) is 4.60 Å². The van der Waals surface area contributed by atoms with Gasteiger partial charge in [0.15, 0.2) is 0 Å². The van der Waals surface area contributed by atoms with Crippen molar-refractivity contribution < 1.29 is 0 Å². The molecule has 1 nitrogen and oxygen atoms in total. The van der Waals surface area contributed by atoms with E-state index in [-0.39, 0.29) is 5.41 Å². The predicted molar refractivity (Wildman–Crippen MR) is 62.6 cm³/mol. The summed E-state index contributed by atoms with van der Waals surface area (Å²) < 4.78 is 1.02. The van der Waals surface area contributed by atoms with Crippen molar-refractivity contribution in [2.45, 2.75) is 44.9 Å².